The average molecular weight is 579 g/mol. The summed E-state index contributed by atoms with van der Waals surface area (Å²) in [4.78, 5) is 17.0. The predicted molar refractivity (Wildman–Crippen MR) is 155 cm³/mol. The van der Waals surface area contributed by atoms with Crippen molar-refractivity contribution in [2.24, 2.45) is 10.1 Å². The first kappa shape index (κ1) is 27.4. The minimum absolute atomic E-state index is 0.0488. The Bertz CT molecular complexity index is 1570. The highest BCUT2D eigenvalue weighted by Crippen LogP contribution is 2.38. The van der Waals surface area contributed by atoms with Crippen LogP contribution in [0.15, 0.2) is 76.3 Å². The highest BCUT2D eigenvalue weighted by atomic mass is 35.5. The zero-order chi connectivity index (χ0) is 28.2. The van der Waals surface area contributed by atoms with Gasteiger partial charge in [-0.15, -0.1) is 0 Å². The lowest BCUT2D eigenvalue weighted by Crippen LogP contribution is -2.35. The Morgan fingerprint density at radius 3 is 2.58 bits per heavy atom. The number of hydrogen-bond acceptors (Lipinski definition) is 7. The fourth-order valence-corrected chi connectivity index (χ4v) is 5.00. The molecule has 0 aromatic heterocycles. The molecule has 0 saturated heterocycles. The number of para-hydroxylation sites is 1. The number of nitrogens with one attached hydrogen (secondary N) is 1. The number of fused-ring (bicyclic) bond motifs is 1. The van der Waals surface area contributed by atoms with Crippen molar-refractivity contribution in [1.29, 1.82) is 5.41 Å². The zero-order valence-corrected chi connectivity index (χ0v) is 23.2. The summed E-state index contributed by atoms with van der Waals surface area (Å²) in [6.07, 6.45) is 1.52. The van der Waals surface area contributed by atoms with E-state index in [1.54, 1.807) is 24.3 Å². The van der Waals surface area contributed by atoms with Crippen LogP contribution in [0.2, 0.25) is 5.02 Å². The summed E-state index contributed by atoms with van der Waals surface area (Å²) < 4.78 is 30.7. The molecule has 3 aromatic rings. The van der Waals surface area contributed by atoms with Crippen LogP contribution in [-0.2, 0) is 11.4 Å². The summed E-state index contributed by atoms with van der Waals surface area (Å²) in [5.41, 5.74) is 2.32. The molecule has 40 heavy (non-hydrogen) atoms. The van der Waals surface area contributed by atoms with E-state index in [4.69, 9.17) is 31.2 Å². The zero-order valence-electron chi connectivity index (χ0n) is 21.6. The van der Waals surface area contributed by atoms with Crippen LogP contribution in [0, 0.1) is 18.2 Å². The Hall–Kier alpha value is -4.15. The van der Waals surface area contributed by atoms with E-state index in [2.05, 4.69) is 10.1 Å². The van der Waals surface area contributed by atoms with E-state index < -0.39 is 5.91 Å². The quantitative estimate of drug-likeness (QED) is 0.293. The van der Waals surface area contributed by atoms with Gasteiger partial charge >= 0.3 is 0 Å². The van der Waals surface area contributed by atoms with Gasteiger partial charge in [0, 0.05) is 0 Å². The molecule has 1 N–H and O–H groups in total. The summed E-state index contributed by atoms with van der Waals surface area (Å²) in [5, 5.41) is 15.6. The highest BCUT2D eigenvalue weighted by Gasteiger charge is 2.36. The third kappa shape index (κ3) is 6.03. The van der Waals surface area contributed by atoms with Crippen molar-refractivity contribution in [3.63, 3.8) is 0 Å². The molecule has 0 aliphatic carbocycles. The molecule has 2 aliphatic rings. The molecule has 1 amide bonds. The number of ether oxygens (including phenoxy) is 3. The first-order chi connectivity index (χ1) is 19.3. The minimum atomic E-state index is -0.564. The van der Waals surface area contributed by atoms with E-state index in [0.29, 0.717) is 33.9 Å². The predicted octanol–water partition coefficient (Wildman–Crippen LogP) is 6.46. The summed E-state index contributed by atoms with van der Waals surface area (Å²) in [6.45, 7) is 4.45. The maximum atomic E-state index is 13.2. The van der Waals surface area contributed by atoms with Crippen LogP contribution in [-0.4, -0.2) is 40.2 Å². The summed E-state index contributed by atoms with van der Waals surface area (Å²) in [5.74, 6) is 0.410. The van der Waals surface area contributed by atoms with Gasteiger partial charge in [-0.3, -0.25) is 10.2 Å². The molecule has 204 valence electrons. The second kappa shape index (κ2) is 11.9. The van der Waals surface area contributed by atoms with E-state index >= 15 is 0 Å². The maximum absolute atomic E-state index is 13.2. The SMILES string of the molecule is CCOc1cc(C=C2C(=N)N3N=C(COc4ccccc4C)SC3=NC2=O)cc(Cl)c1OCc1ccc(F)cc1. The van der Waals surface area contributed by atoms with Gasteiger partial charge in [-0.2, -0.15) is 15.1 Å². The number of carbonyl (C=O) groups is 1. The molecule has 3 aromatic carbocycles. The lowest BCUT2D eigenvalue weighted by molar-refractivity contribution is -0.114. The van der Waals surface area contributed by atoms with Gasteiger partial charge in [-0.25, -0.2) is 4.39 Å². The first-order valence-corrected chi connectivity index (χ1v) is 13.5. The molecule has 8 nitrogen and oxygen atoms in total. The van der Waals surface area contributed by atoms with E-state index in [1.165, 1.54) is 35.0 Å². The Morgan fingerprint density at radius 2 is 1.82 bits per heavy atom. The molecule has 0 spiro atoms. The number of thioether (sulfide) groups is 1. The van der Waals surface area contributed by atoms with Crippen LogP contribution in [0.3, 0.4) is 0 Å². The molecule has 0 atom stereocenters. The van der Waals surface area contributed by atoms with Gasteiger partial charge in [0.15, 0.2) is 17.3 Å². The fourth-order valence-electron chi connectivity index (χ4n) is 3.92. The van der Waals surface area contributed by atoms with Crippen molar-refractivity contribution in [3.05, 3.63) is 93.8 Å². The van der Waals surface area contributed by atoms with Crippen molar-refractivity contribution in [2.45, 2.75) is 20.5 Å². The Morgan fingerprint density at radius 1 is 1.05 bits per heavy atom. The van der Waals surface area contributed by atoms with Crippen LogP contribution in [0.4, 0.5) is 4.39 Å². The number of rotatable bonds is 9. The van der Waals surface area contributed by atoms with Crippen LogP contribution in [0.25, 0.3) is 6.08 Å². The van der Waals surface area contributed by atoms with E-state index in [9.17, 15) is 9.18 Å². The van der Waals surface area contributed by atoms with Gasteiger partial charge in [0.2, 0.25) is 5.17 Å². The molecule has 0 radical (unpaired) electrons. The van der Waals surface area contributed by atoms with E-state index in [0.717, 1.165) is 16.9 Å². The number of carbonyl (C=O) groups excluding carboxylic acids is 1. The van der Waals surface area contributed by atoms with Gasteiger partial charge in [-0.1, -0.05) is 41.9 Å². The molecule has 0 fully saturated rings. The number of hydrogen-bond donors (Lipinski definition) is 1. The first-order valence-electron chi connectivity index (χ1n) is 12.3. The van der Waals surface area contributed by atoms with Crippen molar-refractivity contribution in [2.75, 3.05) is 13.2 Å². The lowest BCUT2D eigenvalue weighted by Gasteiger charge is -2.20. The van der Waals surface area contributed by atoms with Crippen LogP contribution < -0.4 is 14.2 Å². The summed E-state index contributed by atoms with van der Waals surface area (Å²) >= 11 is 7.73. The number of amides is 1. The third-order valence-corrected chi connectivity index (χ3v) is 7.04. The fraction of sp³-hybridized carbons (Fsp3) is 0.172. The van der Waals surface area contributed by atoms with Gasteiger partial charge in [0.05, 0.1) is 17.2 Å². The number of benzene rings is 3. The molecule has 2 heterocycles. The van der Waals surface area contributed by atoms with Crippen molar-refractivity contribution < 1.29 is 23.4 Å². The van der Waals surface area contributed by atoms with Crippen LogP contribution >= 0.6 is 23.4 Å². The van der Waals surface area contributed by atoms with Gasteiger partial charge < -0.3 is 14.2 Å². The Kier molecular flexibility index (Phi) is 8.18. The van der Waals surface area contributed by atoms with Crippen molar-refractivity contribution in [1.82, 2.24) is 5.01 Å². The standard InChI is InChI=1S/C29H24ClFN4O4S/c1-3-37-24-14-19(13-22(30)26(24)39-15-18-8-10-20(31)11-9-18)12-21-27(32)35-29(33-28(21)36)40-25(34-35)16-38-23-7-5-4-6-17(23)2/h4-14,32H,3,15-16H2,1-2H3. The molecule has 0 bridgehead atoms. The molecular weight excluding hydrogens is 555 g/mol. The number of aryl methyl sites for hydroxylation is 1. The number of aliphatic imine (C=N–C) groups is 1. The van der Waals surface area contributed by atoms with Gasteiger partial charge in [-0.05, 0) is 78.7 Å². The molecule has 11 heteroatoms. The largest absolute Gasteiger partial charge is 0.490 e. The maximum Gasteiger partial charge on any atom is 0.283 e. The van der Waals surface area contributed by atoms with Crippen molar-refractivity contribution >= 4 is 51.4 Å². The lowest BCUT2D eigenvalue weighted by atomic mass is 10.1. The smallest absolute Gasteiger partial charge is 0.283 e. The Balaban J connectivity index is 1.35. The number of amidine groups is 2. The van der Waals surface area contributed by atoms with E-state index in [-0.39, 0.29) is 35.5 Å². The molecule has 2 aliphatic heterocycles. The summed E-state index contributed by atoms with van der Waals surface area (Å²) in [7, 11) is 0. The number of hydrazone groups is 1. The molecule has 5 rings (SSSR count). The topological polar surface area (TPSA) is 96.6 Å². The highest BCUT2D eigenvalue weighted by molar-refractivity contribution is 8.27. The minimum Gasteiger partial charge on any atom is -0.490 e. The van der Waals surface area contributed by atoms with Crippen molar-refractivity contribution in [3.8, 4) is 17.2 Å². The normalized spacial score (nSPS) is 15.6. The van der Waals surface area contributed by atoms with Crippen LogP contribution in [0.1, 0.15) is 23.6 Å². The van der Waals surface area contributed by atoms with Crippen LogP contribution in [0.5, 0.6) is 17.2 Å². The second-order valence-electron chi connectivity index (χ2n) is 8.75. The number of nitrogens with zero attached hydrogens (tertiary/aromatic N) is 3. The molecular formula is C29H24ClFN4O4S. The average Bonchev–Trinajstić information content (AvgIpc) is 3.34. The van der Waals surface area contributed by atoms with E-state index in [1.807, 2.05) is 38.1 Å². The van der Waals surface area contributed by atoms with Gasteiger partial charge in [0.25, 0.3) is 5.91 Å². The summed E-state index contributed by atoms with van der Waals surface area (Å²) in [6, 6.07) is 16.9. The number of halogens is 2. The monoisotopic (exact) mass is 578 g/mol. The second-order valence-corrected chi connectivity index (χ2v) is 10.2. The molecule has 0 saturated carbocycles. The van der Waals surface area contributed by atoms with Gasteiger partial charge in [0.1, 0.15) is 29.8 Å². The third-order valence-electron chi connectivity index (χ3n) is 5.88. The Labute approximate surface area is 239 Å². The molecule has 0 unspecified atom stereocenters.